The van der Waals surface area contributed by atoms with Crippen LogP contribution in [0.25, 0.3) is 0 Å². The van der Waals surface area contributed by atoms with E-state index in [2.05, 4.69) is 26.8 Å². The number of pyridine rings is 1. The Morgan fingerprint density at radius 3 is 2.61 bits per heavy atom. The first kappa shape index (κ1) is 12.4. The van der Waals surface area contributed by atoms with Crippen molar-refractivity contribution in [1.29, 1.82) is 5.26 Å². The lowest BCUT2D eigenvalue weighted by molar-refractivity contribution is 0.263. The summed E-state index contributed by atoms with van der Waals surface area (Å²) >= 11 is 0. The Morgan fingerprint density at radius 1 is 1.28 bits per heavy atom. The van der Waals surface area contributed by atoms with Gasteiger partial charge in [-0.2, -0.15) is 5.26 Å². The second-order valence-electron chi connectivity index (χ2n) is 4.30. The molecule has 92 valence electrons. The zero-order valence-electron chi connectivity index (χ0n) is 10.3. The van der Waals surface area contributed by atoms with Crippen molar-refractivity contribution >= 4 is 5.82 Å². The zero-order valence-corrected chi connectivity index (χ0v) is 10.3. The molecule has 2 heterocycles. The Bertz CT molecular complexity index is 458. The summed E-state index contributed by atoms with van der Waals surface area (Å²) < 4.78 is 0. The molecule has 0 saturated carbocycles. The van der Waals surface area contributed by atoms with Crippen LogP contribution in [-0.2, 0) is 0 Å². The number of piperazine rings is 1. The van der Waals surface area contributed by atoms with Gasteiger partial charge in [-0.25, -0.2) is 4.98 Å². The number of rotatable bonds is 3. The molecule has 1 fully saturated rings. The molecule has 0 N–H and O–H groups in total. The van der Waals surface area contributed by atoms with Crippen LogP contribution in [0.4, 0.5) is 5.82 Å². The molecule has 0 radical (unpaired) electrons. The van der Waals surface area contributed by atoms with Crippen molar-refractivity contribution in [2.45, 2.75) is 6.42 Å². The predicted octanol–water partition coefficient (Wildman–Crippen LogP) is 1.10. The highest BCUT2D eigenvalue weighted by molar-refractivity contribution is 5.42. The highest BCUT2D eigenvalue weighted by Gasteiger charge is 2.17. The molecule has 18 heavy (non-hydrogen) atoms. The van der Waals surface area contributed by atoms with E-state index in [1.807, 2.05) is 12.1 Å². The first-order valence-corrected chi connectivity index (χ1v) is 6.10. The quantitative estimate of drug-likeness (QED) is 0.742. The predicted molar refractivity (Wildman–Crippen MR) is 71.1 cm³/mol. The van der Waals surface area contributed by atoms with Gasteiger partial charge >= 0.3 is 0 Å². The van der Waals surface area contributed by atoms with Gasteiger partial charge in [0.05, 0.1) is 5.56 Å². The van der Waals surface area contributed by atoms with Gasteiger partial charge in [0.1, 0.15) is 11.9 Å². The third kappa shape index (κ3) is 3.00. The summed E-state index contributed by atoms with van der Waals surface area (Å²) in [7, 11) is 0. The van der Waals surface area contributed by atoms with Crippen LogP contribution in [0.15, 0.2) is 18.3 Å². The van der Waals surface area contributed by atoms with Crippen molar-refractivity contribution < 1.29 is 0 Å². The Hall–Kier alpha value is -2.04. The van der Waals surface area contributed by atoms with Gasteiger partial charge in [0.25, 0.3) is 0 Å². The second kappa shape index (κ2) is 6.05. The van der Waals surface area contributed by atoms with Crippen LogP contribution in [0, 0.1) is 23.7 Å². The van der Waals surface area contributed by atoms with E-state index in [1.54, 1.807) is 6.20 Å². The Balaban J connectivity index is 1.89. The summed E-state index contributed by atoms with van der Waals surface area (Å²) in [4.78, 5) is 8.93. The number of terminal acetylenes is 1. The molecule has 0 unspecified atom stereocenters. The van der Waals surface area contributed by atoms with E-state index in [-0.39, 0.29) is 0 Å². The lowest BCUT2D eigenvalue weighted by Crippen LogP contribution is -2.46. The van der Waals surface area contributed by atoms with E-state index in [0.717, 1.165) is 45.0 Å². The fourth-order valence-electron chi connectivity index (χ4n) is 2.06. The molecule has 1 aliphatic rings. The SMILES string of the molecule is C#CCCN1CCN(c2ccc(C#N)cn2)CC1. The van der Waals surface area contributed by atoms with Gasteiger partial charge in [0, 0.05) is 45.3 Å². The van der Waals surface area contributed by atoms with Crippen molar-refractivity contribution in [1.82, 2.24) is 9.88 Å². The molecule has 0 bridgehead atoms. The van der Waals surface area contributed by atoms with Gasteiger partial charge in [-0.15, -0.1) is 12.3 Å². The minimum atomic E-state index is 0.603. The molecule has 1 saturated heterocycles. The maximum atomic E-state index is 8.73. The number of nitrogens with zero attached hydrogens (tertiary/aromatic N) is 4. The highest BCUT2D eigenvalue weighted by Crippen LogP contribution is 2.13. The van der Waals surface area contributed by atoms with Crippen LogP contribution in [0.3, 0.4) is 0 Å². The summed E-state index contributed by atoms with van der Waals surface area (Å²) in [5.41, 5.74) is 0.603. The minimum Gasteiger partial charge on any atom is -0.354 e. The molecule has 0 aliphatic carbocycles. The van der Waals surface area contributed by atoms with Crippen molar-refractivity contribution in [2.75, 3.05) is 37.6 Å². The molecule has 4 heteroatoms. The molecule has 0 amide bonds. The Kier molecular flexibility index (Phi) is 4.17. The third-order valence-corrected chi connectivity index (χ3v) is 3.15. The molecular weight excluding hydrogens is 224 g/mol. The minimum absolute atomic E-state index is 0.603. The third-order valence-electron chi connectivity index (χ3n) is 3.15. The van der Waals surface area contributed by atoms with Crippen LogP contribution in [0.1, 0.15) is 12.0 Å². The monoisotopic (exact) mass is 240 g/mol. The van der Waals surface area contributed by atoms with Gasteiger partial charge in [-0.05, 0) is 12.1 Å². The van der Waals surface area contributed by atoms with Crippen LogP contribution in [0.5, 0.6) is 0 Å². The Morgan fingerprint density at radius 2 is 2.06 bits per heavy atom. The van der Waals surface area contributed by atoms with Crippen molar-refractivity contribution in [3.63, 3.8) is 0 Å². The molecule has 2 rings (SSSR count). The maximum Gasteiger partial charge on any atom is 0.128 e. The molecule has 0 aromatic carbocycles. The lowest BCUT2D eigenvalue weighted by Gasteiger charge is -2.35. The van der Waals surface area contributed by atoms with Crippen molar-refractivity contribution in [2.24, 2.45) is 0 Å². The van der Waals surface area contributed by atoms with Gasteiger partial charge < -0.3 is 4.90 Å². The maximum absolute atomic E-state index is 8.73. The summed E-state index contributed by atoms with van der Waals surface area (Å²) in [6.45, 7) is 4.94. The van der Waals surface area contributed by atoms with Gasteiger partial charge in [-0.3, -0.25) is 4.90 Å². The van der Waals surface area contributed by atoms with E-state index < -0.39 is 0 Å². The van der Waals surface area contributed by atoms with Crippen LogP contribution in [0.2, 0.25) is 0 Å². The first-order chi connectivity index (χ1) is 8.83. The smallest absolute Gasteiger partial charge is 0.128 e. The summed E-state index contributed by atoms with van der Waals surface area (Å²) in [6.07, 6.45) is 7.71. The topological polar surface area (TPSA) is 43.2 Å². The average molecular weight is 240 g/mol. The van der Waals surface area contributed by atoms with Gasteiger partial charge in [0.15, 0.2) is 0 Å². The molecule has 4 nitrogen and oxygen atoms in total. The molecule has 1 aliphatic heterocycles. The highest BCUT2D eigenvalue weighted by atomic mass is 15.3. The van der Waals surface area contributed by atoms with Crippen LogP contribution < -0.4 is 4.90 Å². The fourth-order valence-corrected chi connectivity index (χ4v) is 2.06. The number of aromatic nitrogens is 1. The lowest BCUT2D eigenvalue weighted by atomic mass is 10.2. The van der Waals surface area contributed by atoms with Gasteiger partial charge in [-0.1, -0.05) is 0 Å². The second-order valence-corrected chi connectivity index (χ2v) is 4.30. The zero-order chi connectivity index (χ0) is 12.8. The molecule has 1 aromatic heterocycles. The van der Waals surface area contributed by atoms with E-state index in [0.29, 0.717) is 5.56 Å². The number of hydrogen-bond donors (Lipinski definition) is 0. The summed E-state index contributed by atoms with van der Waals surface area (Å²) in [5.74, 6) is 3.62. The number of nitriles is 1. The van der Waals surface area contributed by atoms with Crippen LogP contribution in [-0.4, -0.2) is 42.6 Å². The van der Waals surface area contributed by atoms with E-state index in [9.17, 15) is 0 Å². The Labute approximate surface area is 108 Å². The largest absolute Gasteiger partial charge is 0.354 e. The van der Waals surface area contributed by atoms with E-state index in [4.69, 9.17) is 11.7 Å². The normalized spacial score (nSPS) is 16.0. The van der Waals surface area contributed by atoms with Crippen LogP contribution >= 0.6 is 0 Å². The number of anilines is 1. The molecule has 0 atom stereocenters. The van der Waals surface area contributed by atoms with Gasteiger partial charge in [0.2, 0.25) is 0 Å². The number of hydrogen-bond acceptors (Lipinski definition) is 4. The first-order valence-electron chi connectivity index (χ1n) is 6.10. The molecule has 1 aromatic rings. The summed E-state index contributed by atoms with van der Waals surface area (Å²) in [5, 5.41) is 8.73. The fraction of sp³-hybridized carbons (Fsp3) is 0.429. The summed E-state index contributed by atoms with van der Waals surface area (Å²) in [6, 6.07) is 5.80. The van der Waals surface area contributed by atoms with Crippen molar-refractivity contribution in [3.05, 3.63) is 23.9 Å². The van der Waals surface area contributed by atoms with E-state index >= 15 is 0 Å². The average Bonchev–Trinajstić information content (AvgIpc) is 2.46. The molecule has 0 spiro atoms. The van der Waals surface area contributed by atoms with E-state index in [1.165, 1.54) is 0 Å². The van der Waals surface area contributed by atoms with Crippen molar-refractivity contribution in [3.8, 4) is 18.4 Å². The standard InChI is InChI=1S/C14H16N4/c1-2-3-6-17-7-9-18(10-8-17)14-5-4-13(11-15)12-16-14/h1,4-5,12H,3,6-10H2. The molecular formula is C14H16N4.